The molecule has 0 saturated heterocycles. The van der Waals surface area contributed by atoms with Crippen molar-refractivity contribution in [3.05, 3.63) is 18.1 Å². The summed E-state index contributed by atoms with van der Waals surface area (Å²) in [6, 6.07) is -0.527. The van der Waals surface area contributed by atoms with Gasteiger partial charge in [0.1, 0.15) is 0 Å². The van der Waals surface area contributed by atoms with Crippen LogP contribution in [0.4, 0.5) is 10.6 Å². The molecule has 0 radical (unpaired) electrons. The zero-order chi connectivity index (χ0) is 13.1. The molecule has 1 aromatic heterocycles. The molecule has 0 fully saturated rings. The highest BCUT2D eigenvalue weighted by atomic mass is 16.4. The Morgan fingerprint density at radius 2 is 1.82 bits per heavy atom. The molecular weight excluding hydrogens is 224 g/mol. The van der Waals surface area contributed by atoms with Crippen LogP contribution in [0.25, 0.3) is 0 Å². The number of aromatic nitrogens is 2. The van der Waals surface area contributed by atoms with E-state index in [0.29, 0.717) is 0 Å². The van der Waals surface area contributed by atoms with Gasteiger partial charge in [-0.05, 0) is 20.8 Å². The van der Waals surface area contributed by atoms with Gasteiger partial charge in [0.25, 0.3) is 0 Å². The minimum absolute atomic E-state index is 0.0817. The molecule has 1 rings (SSSR count). The Kier molecular flexibility index (Phi) is 3.62. The summed E-state index contributed by atoms with van der Waals surface area (Å²) < 4.78 is 0. The zero-order valence-electron chi connectivity index (χ0n) is 9.81. The molecule has 7 heteroatoms. The number of hydrogen-bond donors (Lipinski definition) is 3. The van der Waals surface area contributed by atoms with Crippen LogP contribution < -0.4 is 10.6 Å². The summed E-state index contributed by atoms with van der Waals surface area (Å²) in [4.78, 5) is 29.7. The minimum Gasteiger partial charge on any atom is -0.476 e. The number of carboxylic acid groups (broad SMARTS) is 1. The SMILES string of the molecule is CC(C)(C)NC(=O)Nc1nccnc1C(=O)O. The van der Waals surface area contributed by atoms with Gasteiger partial charge in [0.2, 0.25) is 0 Å². The highest BCUT2D eigenvalue weighted by molar-refractivity contribution is 5.97. The monoisotopic (exact) mass is 238 g/mol. The first kappa shape index (κ1) is 12.9. The number of hydrogen-bond acceptors (Lipinski definition) is 4. The second-order valence-electron chi connectivity index (χ2n) is 4.39. The number of anilines is 1. The average Bonchev–Trinajstić information content (AvgIpc) is 2.14. The van der Waals surface area contributed by atoms with Crippen molar-refractivity contribution >= 4 is 17.8 Å². The lowest BCUT2D eigenvalue weighted by atomic mass is 10.1. The Labute approximate surface area is 98.3 Å². The predicted molar refractivity (Wildman–Crippen MR) is 60.9 cm³/mol. The summed E-state index contributed by atoms with van der Waals surface area (Å²) in [6.45, 7) is 5.42. The quantitative estimate of drug-likeness (QED) is 0.715. The smallest absolute Gasteiger partial charge is 0.358 e. The summed E-state index contributed by atoms with van der Waals surface area (Å²) in [5.41, 5.74) is -0.716. The van der Waals surface area contributed by atoms with Crippen molar-refractivity contribution in [2.75, 3.05) is 5.32 Å². The molecule has 92 valence electrons. The van der Waals surface area contributed by atoms with E-state index in [9.17, 15) is 9.59 Å². The average molecular weight is 238 g/mol. The van der Waals surface area contributed by atoms with Crippen molar-refractivity contribution in [1.82, 2.24) is 15.3 Å². The fraction of sp³-hybridized carbons (Fsp3) is 0.400. The van der Waals surface area contributed by atoms with Gasteiger partial charge in [0.15, 0.2) is 11.5 Å². The van der Waals surface area contributed by atoms with Crippen molar-refractivity contribution in [2.24, 2.45) is 0 Å². The van der Waals surface area contributed by atoms with Gasteiger partial charge in [-0.3, -0.25) is 5.32 Å². The molecule has 0 spiro atoms. The molecule has 0 saturated carbocycles. The first-order valence-electron chi connectivity index (χ1n) is 4.93. The van der Waals surface area contributed by atoms with Crippen molar-refractivity contribution in [3.63, 3.8) is 0 Å². The number of amides is 2. The number of rotatable bonds is 2. The third-order valence-corrected chi connectivity index (χ3v) is 1.62. The molecule has 17 heavy (non-hydrogen) atoms. The van der Waals surface area contributed by atoms with E-state index < -0.39 is 17.5 Å². The molecule has 0 aliphatic heterocycles. The summed E-state index contributed by atoms with van der Waals surface area (Å²) in [6.07, 6.45) is 2.55. The topological polar surface area (TPSA) is 104 Å². The van der Waals surface area contributed by atoms with E-state index >= 15 is 0 Å². The summed E-state index contributed by atoms with van der Waals surface area (Å²) in [7, 11) is 0. The Hall–Kier alpha value is -2.18. The van der Waals surface area contributed by atoms with E-state index in [4.69, 9.17) is 5.11 Å². The van der Waals surface area contributed by atoms with Gasteiger partial charge in [0, 0.05) is 17.9 Å². The molecule has 1 heterocycles. The van der Waals surface area contributed by atoms with E-state index in [0.717, 1.165) is 0 Å². The van der Waals surface area contributed by atoms with Crippen LogP contribution >= 0.6 is 0 Å². The van der Waals surface area contributed by atoms with Crippen molar-refractivity contribution < 1.29 is 14.7 Å². The molecule has 0 atom stereocenters. The van der Waals surface area contributed by atoms with Crippen LogP contribution in [0.1, 0.15) is 31.3 Å². The fourth-order valence-corrected chi connectivity index (χ4v) is 1.07. The maximum absolute atomic E-state index is 11.5. The van der Waals surface area contributed by atoms with Crippen molar-refractivity contribution in [3.8, 4) is 0 Å². The van der Waals surface area contributed by atoms with Crippen LogP contribution in [0.2, 0.25) is 0 Å². The van der Waals surface area contributed by atoms with Crippen LogP contribution in [-0.4, -0.2) is 32.6 Å². The Bertz CT molecular complexity index is 439. The van der Waals surface area contributed by atoms with Gasteiger partial charge in [-0.2, -0.15) is 0 Å². The lowest BCUT2D eigenvalue weighted by Gasteiger charge is -2.20. The normalized spacial score (nSPS) is 10.8. The first-order chi connectivity index (χ1) is 7.79. The number of carbonyl (C=O) groups is 2. The van der Waals surface area contributed by atoms with E-state index in [2.05, 4.69) is 20.6 Å². The largest absolute Gasteiger partial charge is 0.476 e. The maximum atomic E-state index is 11.5. The molecule has 0 aliphatic rings. The van der Waals surface area contributed by atoms with E-state index in [1.807, 2.05) is 0 Å². The van der Waals surface area contributed by atoms with E-state index in [-0.39, 0.29) is 11.5 Å². The number of nitrogens with one attached hydrogen (secondary N) is 2. The van der Waals surface area contributed by atoms with Gasteiger partial charge in [-0.1, -0.05) is 0 Å². The predicted octanol–water partition coefficient (Wildman–Crippen LogP) is 1.09. The lowest BCUT2D eigenvalue weighted by Crippen LogP contribution is -2.43. The third kappa shape index (κ3) is 4.06. The number of carbonyl (C=O) groups excluding carboxylic acids is 1. The van der Waals surface area contributed by atoms with Crippen molar-refractivity contribution in [2.45, 2.75) is 26.3 Å². The zero-order valence-corrected chi connectivity index (χ0v) is 9.81. The number of aromatic carboxylic acids is 1. The van der Waals surface area contributed by atoms with Crippen LogP contribution in [0, 0.1) is 0 Å². The highest BCUT2D eigenvalue weighted by Gasteiger charge is 2.18. The summed E-state index contributed by atoms with van der Waals surface area (Å²) in [5, 5.41) is 13.8. The fourth-order valence-electron chi connectivity index (χ4n) is 1.07. The molecule has 1 aromatic rings. The second kappa shape index (κ2) is 4.77. The van der Waals surface area contributed by atoms with Crippen molar-refractivity contribution in [1.29, 1.82) is 0 Å². The van der Waals surface area contributed by atoms with Gasteiger partial charge in [-0.25, -0.2) is 19.6 Å². The number of carboxylic acids is 1. The Morgan fingerprint density at radius 3 is 2.35 bits per heavy atom. The number of urea groups is 1. The summed E-state index contributed by atoms with van der Waals surface area (Å²) in [5.74, 6) is -1.33. The van der Waals surface area contributed by atoms with Gasteiger partial charge >= 0.3 is 12.0 Å². The standard InChI is InChI=1S/C10H14N4O3/c1-10(2,3)14-9(17)13-7-6(8(15)16)11-4-5-12-7/h4-5H,1-3H3,(H,15,16)(H2,12,13,14,17). The highest BCUT2D eigenvalue weighted by Crippen LogP contribution is 2.08. The van der Waals surface area contributed by atoms with E-state index in [1.54, 1.807) is 20.8 Å². The molecule has 0 bridgehead atoms. The molecule has 0 aliphatic carbocycles. The molecule has 0 unspecified atom stereocenters. The van der Waals surface area contributed by atoms with Crippen LogP contribution in [0.5, 0.6) is 0 Å². The molecule has 7 nitrogen and oxygen atoms in total. The van der Waals surface area contributed by atoms with E-state index in [1.165, 1.54) is 12.4 Å². The van der Waals surface area contributed by atoms with Gasteiger partial charge < -0.3 is 10.4 Å². The van der Waals surface area contributed by atoms with Gasteiger partial charge in [-0.15, -0.1) is 0 Å². The number of nitrogens with zero attached hydrogens (tertiary/aromatic N) is 2. The molecule has 0 aromatic carbocycles. The maximum Gasteiger partial charge on any atom is 0.358 e. The molecular formula is C10H14N4O3. The minimum atomic E-state index is -1.25. The molecule has 3 N–H and O–H groups in total. The van der Waals surface area contributed by atoms with Crippen LogP contribution in [0.3, 0.4) is 0 Å². The van der Waals surface area contributed by atoms with Gasteiger partial charge in [0.05, 0.1) is 0 Å². The second-order valence-corrected chi connectivity index (χ2v) is 4.39. The van der Waals surface area contributed by atoms with Crippen LogP contribution in [-0.2, 0) is 0 Å². The third-order valence-electron chi connectivity index (χ3n) is 1.62. The Balaban J connectivity index is 2.82. The lowest BCUT2D eigenvalue weighted by molar-refractivity contribution is 0.0691. The Morgan fingerprint density at radius 1 is 1.24 bits per heavy atom. The van der Waals surface area contributed by atoms with Crippen LogP contribution in [0.15, 0.2) is 12.4 Å². The molecule has 2 amide bonds. The first-order valence-corrected chi connectivity index (χ1v) is 4.93. The summed E-state index contributed by atoms with van der Waals surface area (Å²) >= 11 is 0.